The molecule has 0 saturated carbocycles. The first-order valence-electron chi connectivity index (χ1n) is 27.3. The van der Waals surface area contributed by atoms with E-state index in [1.807, 2.05) is 0 Å². The van der Waals surface area contributed by atoms with Gasteiger partial charge in [0.1, 0.15) is 0 Å². The first-order valence-corrected chi connectivity index (χ1v) is 28.7. The first-order chi connectivity index (χ1) is 34.0. The van der Waals surface area contributed by atoms with Crippen molar-refractivity contribution < 1.29 is 0 Å². The number of aromatic nitrogens is 1. The van der Waals surface area contributed by atoms with Crippen LogP contribution in [0.3, 0.4) is 0 Å². The molecule has 360 valence electrons. The largest absolute Gasteiger partial charge is 0.356 e. The number of hydrogen-bond acceptors (Lipinski definition) is 1. The van der Waals surface area contributed by atoms with E-state index in [1.54, 1.807) is 65.7 Å². The van der Waals surface area contributed by atoms with Crippen LogP contribution in [-0.2, 0) is 37.5 Å². The number of aryl methyl sites for hydroxylation is 3. The molecule has 4 aromatic carbocycles. The Balaban J connectivity index is 1.11. The minimum atomic E-state index is -0.643. The molecule has 12 rings (SSSR count). The van der Waals surface area contributed by atoms with Crippen molar-refractivity contribution in [1.29, 1.82) is 0 Å². The molecule has 0 N–H and O–H groups in total. The number of para-hydroxylation sites is 1. The van der Waals surface area contributed by atoms with E-state index in [0.29, 0.717) is 23.1 Å². The van der Waals surface area contributed by atoms with Crippen molar-refractivity contribution in [3.05, 3.63) is 213 Å². The van der Waals surface area contributed by atoms with Crippen LogP contribution in [0.25, 0.3) is 5.69 Å². The number of anilines is 1. The lowest BCUT2D eigenvalue weighted by Gasteiger charge is -2.42. The molecule has 7 aliphatic rings. The van der Waals surface area contributed by atoms with Gasteiger partial charge in [-0.05, 0) is 180 Å². The van der Waals surface area contributed by atoms with Crippen molar-refractivity contribution in [3.8, 4) is 5.69 Å². The minimum absolute atomic E-state index is 0.0956. The fraction of sp³-hybridized carbons (Fsp3) is 0.403. The second kappa shape index (κ2) is 18.4. The third kappa shape index (κ3) is 8.21. The van der Waals surface area contributed by atoms with Crippen LogP contribution in [0.4, 0.5) is 5.69 Å². The molecule has 0 radical (unpaired) electrons. The molecule has 2 nitrogen and oxygen atoms in total. The molecule has 1 aromatic heterocycles. The Morgan fingerprint density at radius 2 is 1.37 bits per heavy atom. The topological polar surface area (TPSA) is 8.17 Å². The van der Waals surface area contributed by atoms with E-state index in [0.717, 1.165) is 51.4 Å². The zero-order valence-corrected chi connectivity index (χ0v) is 43.9. The quantitative estimate of drug-likeness (QED) is 0.160. The van der Waals surface area contributed by atoms with Crippen LogP contribution in [0.15, 0.2) is 172 Å². The third-order valence-electron chi connectivity index (χ3n) is 17.6. The fourth-order valence-electron chi connectivity index (χ4n) is 14.2. The number of hydrogen-bond donors (Lipinski definition) is 1. The number of nitrogens with zero attached hydrogens (tertiary/aromatic N) is 2. The van der Waals surface area contributed by atoms with E-state index < -0.39 is 10.9 Å². The van der Waals surface area contributed by atoms with Gasteiger partial charge in [-0.15, -0.1) is 0 Å². The average Bonchev–Trinajstić information content (AvgIpc) is 3.51. The van der Waals surface area contributed by atoms with Crippen LogP contribution < -0.4 is 4.90 Å². The molecule has 0 spiro atoms. The molecule has 2 aliphatic heterocycles. The number of thiol groups is 1. The monoisotopic (exact) mass is 941 g/mol. The van der Waals surface area contributed by atoms with Gasteiger partial charge in [-0.2, -0.15) is 10.9 Å². The molecule has 6 unspecified atom stereocenters. The molecular weight excluding hydrogens is 865 g/mol. The van der Waals surface area contributed by atoms with Crippen molar-refractivity contribution in [3.63, 3.8) is 0 Å². The molecule has 0 bridgehead atoms. The summed E-state index contributed by atoms with van der Waals surface area (Å²) in [6, 6.07) is 37.1. The maximum atomic E-state index is 3.00. The number of rotatable bonds is 7. The highest BCUT2D eigenvalue weighted by atomic mass is 32.2. The van der Waals surface area contributed by atoms with Crippen LogP contribution >= 0.6 is 10.9 Å². The number of benzene rings is 4. The minimum Gasteiger partial charge on any atom is -0.356 e. The van der Waals surface area contributed by atoms with Gasteiger partial charge in [-0.3, -0.25) is 0 Å². The maximum Gasteiger partial charge on any atom is 0.0706 e. The van der Waals surface area contributed by atoms with E-state index in [2.05, 4.69) is 197 Å². The van der Waals surface area contributed by atoms with E-state index in [-0.39, 0.29) is 16.9 Å². The van der Waals surface area contributed by atoms with Crippen LogP contribution in [0.1, 0.15) is 168 Å². The highest BCUT2D eigenvalue weighted by molar-refractivity contribution is 8.18. The van der Waals surface area contributed by atoms with Gasteiger partial charge in [0.2, 0.25) is 0 Å². The van der Waals surface area contributed by atoms with Crippen LogP contribution in [0.5, 0.6) is 0 Å². The lowest BCUT2D eigenvalue weighted by Crippen LogP contribution is -2.40. The molecule has 3 heteroatoms. The van der Waals surface area contributed by atoms with E-state index in [1.165, 1.54) is 61.0 Å². The van der Waals surface area contributed by atoms with Crippen LogP contribution in [0.2, 0.25) is 0 Å². The summed E-state index contributed by atoms with van der Waals surface area (Å²) < 4.78 is 3.00. The molecule has 3 heterocycles. The van der Waals surface area contributed by atoms with Crippen molar-refractivity contribution in [2.75, 3.05) is 4.90 Å². The second-order valence-electron chi connectivity index (χ2n) is 23.9. The van der Waals surface area contributed by atoms with Gasteiger partial charge in [-0.1, -0.05) is 174 Å². The maximum absolute atomic E-state index is 3.00. The Morgan fingerprint density at radius 1 is 0.643 bits per heavy atom. The zero-order valence-electron chi connectivity index (χ0n) is 43.0. The second-order valence-corrected chi connectivity index (χ2v) is 26.2. The number of fused-ring (bicyclic) bond motifs is 7. The summed E-state index contributed by atoms with van der Waals surface area (Å²) >= 11 is 0. The summed E-state index contributed by atoms with van der Waals surface area (Å²) in [6.07, 6.45) is 38.0. The van der Waals surface area contributed by atoms with Crippen molar-refractivity contribution in [1.82, 2.24) is 4.57 Å². The van der Waals surface area contributed by atoms with Crippen molar-refractivity contribution in [2.45, 2.75) is 176 Å². The molecule has 6 atom stereocenters. The first kappa shape index (κ1) is 45.9. The van der Waals surface area contributed by atoms with E-state index >= 15 is 0 Å². The smallest absolute Gasteiger partial charge is 0.0706 e. The Morgan fingerprint density at radius 3 is 2.09 bits per heavy atom. The molecule has 5 aromatic rings. The standard InChI is InChI=1S/C67H76N2S/c1-66(2,3)51-39-37-45-33-35-49-41-55(42-50-36-34-46-38-40-52(67(4,5)6)44-61(46)70(65(49)50)60(45)43-51)69-63-56(29-19-31-58(63)62(47-21-11-7-12-22-47)48-23-13-8-14-24-48)57-30-20-32-59(64(57)69)68(53-25-15-9-16-26-53)54-27-17-10-18-28-54/h7-13,15-18,21-23,25-27,37-43,54,58-59,61-62,70H,14,19-20,24,28-36,44H2,1-6H3. The van der Waals surface area contributed by atoms with Gasteiger partial charge in [0.15, 0.2) is 0 Å². The SMILES string of the molecule is CC(C)(C)C1=CC=C2CCc3cc(-n4c5c(c6c4C(N(c4ccccc4)C4C=CC=CC4)CCC6)CCCC5C(C4=CC=CCC4)c4ccccc4)cc4c3[SH](c3cc(C(C)(C)C)ccc3CC4)C2C1. The average molecular weight is 941 g/mol. The highest BCUT2D eigenvalue weighted by Gasteiger charge is 2.44. The predicted molar refractivity (Wildman–Crippen MR) is 299 cm³/mol. The molecular formula is C67H76N2S. The van der Waals surface area contributed by atoms with Gasteiger partial charge in [-0.25, -0.2) is 0 Å². The molecule has 0 saturated heterocycles. The summed E-state index contributed by atoms with van der Waals surface area (Å²) in [4.78, 5) is 6.27. The number of allylic oxidation sites excluding steroid dienone is 9. The van der Waals surface area contributed by atoms with E-state index in [9.17, 15) is 0 Å². The summed E-state index contributed by atoms with van der Waals surface area (Å²) in [7, 11) is -0.643. The van der Waals surface area contributed by atoms with Gasteiger partial charge in [0, 0.05) is 39.8 Å². The van der Waals surface area contributed by atoms with Crippen LogP contribution in [0, 0.1) is 5.41 Å². The fourth-order valence-corrected chi connectivity index (χ4v) is 17.7. The summed E-state index contributed by atoms with van der Waals surface area (Å²) in [5, 5.41) is 0.537. The Bertz CT molecular complexity index is 2990. The summed E-state index contributed by atoms with van der Waals surface area (Å²) in [5.74, 6) is 0.736. The predicted octanol–water partition coefficient (Wildman–Crippen LogP) is 17.2. The molecule has 70 heavy (non-hydrogen) atoms. The van der Waals surface area contributed by atoms with Gasteiger partial charge in [0.25, 0.3) is 0 Å². The van der Waals surface area contributed by atoms with E-state index in [4.69, 9.17) is 0 Å². The van der Waals surface area contributed by atoms with Gasteiger partial charge >= 0.3 is 0 Å². The Labute approximate surface area is 423 Å². The Hall–Kier alpha value is -5.25. The Kier molecular flexibility index (Phi) is 12.1. The van der Waals surface area contributed by atoms with Gasteiger partial charge in [0.05, 0.1) is 12.1 Å². The van der Waals surface area contributed by atoms with Crippen LogP contribution in [-0.4, -0.2) is 15.9 Å². The lowest BCUT2D eigenvalue weighted by molar-refractivity contribution is 0.464. The third-order valence-corrected chi connectivity index (χ3v) is 20.7. The van der Waals surface area contributed by atoms with Crippen molar-refractivity contribution >= 4 is 16.6 Å². The van der Waals surface area contributed by atoms with Crippen molar-refractivity contribution in [2.24, 2.45) is 5.41 Å². The van der Waals surface area contributed by atoms with Gasteiger partial charge < -0.3 is 9.47 Å². The normalized spacial score (nSPS) is 24.6. The highest BCUT2D eigenvalue weighted by Crippen LogP contribution is 2.62. The molecule has 0 fully saturated rings. The summed E-state index contributed by atoms with van der Waals surface area (Å²) in [5.41, 5.74) is 22.4. The summed E-state index contributed by atoms with van der Waals surface area (Å²) in [6.45, 7) is 14.5. The zero-order chi connectivity index (χ0) is 47.7. The molecule has 5 aliphatic carbocycles. The molecule has 0 amide bonds. The lowest BCUT2D eigenvalue weighted by atomic mass is 9.70.